The van der Waals surface area contributed by atoms with Gasteiger partial charge in [-0.1, -0.05) is 42.4 Å². The average Bonchev–Trinajstić information content (AvgIpc) is 3.35. The summed E-state index contributed by atoms with van der Waals surface area (Å²) in [4.78, 5) is 15.8. The van der Waals surface area contributed by atoms with Crippen molar-refractivity contribution in [2.45, 2.75) is 86.8 Å². The Hall–Kier alpha value is -0.890. The van der Waals surface area contributed by atoms with E-state index in [0.717, 1.165) is 17.2 Å². The fraction of sp³-hybridized carbons (Fsp3) is 0.682. The van der Waals surface area contributed by atoms with Gasteiger partial charge in [-0.3, -0.25) is 4.99 Å². The number of fused-ring (bicyclic) bond motifs is 4. The summed E-state index contributed by atoms with van der Waals surface area (Å²) in [6.45, 7) is 7.56. The van der Waals surface area contributed by atoms with Gasteiger partial charge in [-0.15, -0.1) is 0 Å². The number of thioether (sulfide) groups is 2. The summed E-state index contributed by atoms with van der Waals surface area (Å²) in [6.07, 6.45) is 8.74. The van der Waals surface area contributed by atoms with Gasteiger partial charge in [0.05, 0.1) is 22.3 Å². The molecule has 0 bridgehead atoms. The number of hydrogen-bond donors (Lipinski definition) is 0. The smallest absolute Gasteiger partial charge is 0.166 e. The molecule has 0 amide bonds. The first kappa shape index (κ1) is 21.3. The van der Waals surface area contributed by atoms with Gasteiger partial charge in [0.25, 0.3) is 0 Å². The molecule has 1 aromatic heterocycles. The molecule has 0 radical (unpaired) electrons. The molecule has 4 rings (SSSR count). The predicted molar refractivity (Wildman–Crippen MR) is 120 cm³/mol. The fourth-order valence-corrected chi connectivity index (χ4v) is 6.93. The van der Waals surface area contributed by atoms with Crippen LogP contribution in [0.4, 0.5) is 0 Å². The summed E-state index contributed by atoms with van der Waals surface area (Å²) in [6, 6.07) is 0. The van der Waals surface area contributed by atoms with Crippen molar-refractivity contribution in [2.75, 3.05) is 19.0 Å². The van der Waals surface area contributed by atoms with Crippen molar-refractivity contribution in [1.29, 1.82) is 0 Å². The summed E-state index contributed by atoms with van der Waals surface area (Å²) in [7, 11) is 0. The zero-order valence-corrected chi connectivity index (χ0v) is 19.3. The van der Waals surface area contributed by atoms with Crippen LogP contribution in [-0.4, -0.2) is 46.3 Å². The zero-order valence-electron chi connectivity index (χ0n) is 17.6. The van der Waals surface area contributed by atoms with Crippen molar-refractivity contribution in [3.63, 3.8) is 0 Å². The van der Waals surface area contributed by atoms with Crippen LogP contribution >= 0.6 is 23.5 Å². The van der Waals surface area contributed by atoms with E-state index in [2.05, 4.69) is 11.9 Å². The molecule has 1 aromatic rings. The Morgan fingerprint density at radius 1 is 1.17 bits per heavy atom. The number of nitrogens with zero attached hydrogens (tertiary/aromatic N) is 3. The summed E-state index contributed by atoms with van der Waals surface area (Å²) in [5.41, 5.74) is 5.72. The van der Waals surface area contributed by atoms with Crippen molar-refractivity contribution in [1.82, 2.24) is 9.97 Å². The molecule has 3 aliphatic rings. The number of hydrogen-bond acceptors (Lipinski definition) is 7. The third kappa shape index (κ3) is 4.43. The highest BCUT2D eigenvalue weighted by molar-refractivity contribution is 8.02. The van der Waals surface area contributed by atoms with E-state index in [9.17, 15) is 0 Å². The Balaban J connectivity index is 1.57. The molecule has 0 unspecified atom stereocenters. The van der Waals surface area contributed by atoms with Crippen LogP contribution in [0, 0.1) is 0 Å². The largest absolute Gasteiger partial charge is 0.352 e. The second-order valence-corrected chi connectivity index (χ2v) is 9.70. The van der Waals surface area contributed by atoms with Crippen LogP contribution in [-0.2, 0) is 9.47 Å². The van der Waals surface area contributed by atoms with Crippen LogP contribution in [0.25, 0.3) is 0 Å². The Kier molecular flexibility index (Phi) is 7.32. The molecule has 0 N–H and O–H groups in total. The number of aliphatic imine (C=N–C) groups is 1. The summed E-state index contributed by atoms with van der Waals surface area (Å²) in [5, 5.41) is 1.28. The fourth-order valence-electron chi connectivity index (χ4n) is 4.46. The average molecular weight is 434 g/mol. The van der Waals surface area contributed by atoms with Crippen molar-refractivity contribution in [3.05, 3.63) is 23.2 Å². The monoisotopic (exact) mass is 433 g/mol. The van der Waals surface area contributed by atoms with Gasteiger partial charge in [0.2, 0.25) is 0 Å². The third-order valence-electron chi connectivity index (χ3n) is 5.71. The minimum atomic E-state index is -0.197. The Morgan fingerprint density at radius 2 is 2.00 bits per heavy atom. The summed E-state index contributed by atoms with van der Waals surface area (Å²) < 4.78 is 11.4. The lowest BCUT2D eigenvalue weighted by atomic mass is 9.87. The second kappa shape index (κ2) is 9.94. The van der Waals surface area contributed by atoms with Gasteiger partial charge in [-0.25, -0.2) is 9.97 Å². The molecule has 5 nitrogen and oxygen atoms in total. The maximum Gasteiger partial charge on any atom is 0.166 e. The van der Waals surface area contributed by atoms with Gasteiger partial charge in [0, 0.05) is 18.9 Å². The molecule has 2 aliphatic heterocycles. The maximum absolute atomic E-state index is 5.70. The van der Waals surface area contributed by atoms with Crippen LogP contribution < -0.4 is 0 Å². The van der Waals surface area contributed by atoms with Crippen LogP contribution in [0.3, 0.4) is 0 Å². The molecular weight excluding hydrogens is 402 g/mol. The van der Waals surface area contributed by atoms with Gasteiger partial charge in [-0.05, 0) is 51.5 Å². The molecule has 0 aromatic carbocycles. The van der Waals surface area contributed by atoms with E-state index in [0.29, 0.717) is 19.1 Å². The van der Waals surface area contributed by atoms with Crippen LogP contribution in [0.5, 0.6) is 0 Å². The predicted octanol–water partition coefficient (Wildman–Crippen LogP) is 5.61. The van der Waals surface area contributed by atoms with Crippen molar-refractivity contribution in [3.8, 4) is 0 Å². The zero-order chi connectivity index (χ0) is 20.2. The highest BCUT2D eigenvalue weighted by Crippen LogP contribution is 2.56. The van der Waals surface area contributed by atoms with Crippen LogP contribution in [0.15, 0.2) is 32.4 Å². The Bertz CT molecular complexity index is 790. The minimum Gasteiger partial charge on any atom is -0.352 e. The van der Waals surface area contributed by atoms with Crippen LogP contribution in [0.1, 0.15) is 70.9 Å². The van der Waals surface area contributed by atoms with E-state index in [1.807, 2.05) is 25.6 Å². The third-order valence-corrected chi connectivity index (χ3v) is 8.12. The number of unbranched alkanes of at least 4 members (excludes halogenated alkanes) is 1. The summed E-state index contributed by atoms with van der Waals surface area (Å²) >= 11 is 3.57. The first-order valence-corrected chi connectivity index (χ1v) is 12.8. The van der Waals surface area contributed by atoms with Gasteiger partial charge < -0.3 is 9.47 Å². The Labute approximate surface area is 182 Å². The lowest BCUT2D eigenvalue weighted by Gasteiger charge is -2.26. The summed E-state index contributed by atoms with van der Waals surface area (Å²) in [5.74, 6) is 1.08. The Morgan fingerprint density at radius 3 is 2.76 bits per heavy atom. The topological polar surface area (TPSA) is 56.6 Å². The van der Waals surface area contributed by atoms with E-state index in [1.54, 1.807) is 29.2 Å². The van der Waals surface area contributed by atoms with Gasteiger partial charge in [0.1, 0.15) is 16.7 Å². The van der Waals surface area contributed by atoms with Gasteiger partial charge in [-0.2, -0.15) is 0 Å². The van der Waals surface area contributed by atoms with Crippen molar-refractivity contribution < 1.29 is 9.47 Å². The minimum absolute atomic E-state index is 0.197. The van der Waals surface area contributed by atoms with E-state index in [4.69, 9.17) is 19.5 Å². The van der Waals surface area contributed by atoms with Crippen LogP contribution in [0.2, 0.25) is 0 Å². The number of dihydropyridines is 1. The second-order valence-electron chi connectivity index (χ2n) is 7.57. The van der Waals surface area contributed by atoms with Gasteiger partial charge in [0.15, 0.2) is 6.29 Å². The molecular formula is C22H31N3O2S2. The normalized spacial score (nSPS) is 22.7. The van der Waals surface area contributed by atoms with Crippen molar-refractivity contribution >= 4 is 29.2 Å². The SMILES string of the molecule is CCCCC1=N[C@H]2Sc3c(SCC(OCC)OCC)ncnc3[C@@H]2C2=C1CCC2. The van der Waals surface area contributed by atoms with E-state index >= 15 is 0 Å². The standard InChI is InChI=1S/C22H31N3O2S2/c1-4-7-11-16-14-9-8-10-15(14)18-19-20(29-21(18)25-16)22(24-13-23-19)28-12-17(26-5-2)27-6-3/h13,17-18,21H,4-12H2,1-3H3/t18-,21-/m0/s1. The molecule has 7 heteroatoms. The molecule has 3 heterocycles. The molecule has 0 saturated carbocycles. The highest BCUT2D eigenvalue weighted by atomic mass is 32.2. The number of ether oxygens (including phenoxy) is 2. The number of allylic oxidation sites excluding steroid dienone is 1. The molecule has 2 atom stereocenters. The molecule has 0 saturated heterocycles. The van der Waals surface area contributed by atoms with Gasteiger partial charge >= 0.3 is 0 Å². The highest BCUT2D eigenvalue weighted by Gasteiger charge is 2.44. The maximum atomic E-state index is 5.70. The number of aromatic nitrogens is 2. The molecule has 1 aliphatic carbocycles. The van der Waals surface area contributed by atoms with E-state index < -0.39 is 0 Å². The quantitative estimate of drug-likeness (QED) is 0.272. The number of rotatable bonds is 10. The van der Waals surface area contributed by atoms with E-state index in [-0.39, 0.29) is 11.7 Å². The molecule has 0 spiro atoms. The lowest BCUT2D eigenvalue weighted by Crippen LogP contribution is -2.21. The molecule has 158 valence electrons. The molecule has 29 heavy (non-hydrogen) atoms. The first-order valence-electron chi connectivity index (χ1n) is 10.9. The molecule has 0 fully saturated rings. The van der Waals surface area contributed by atoms with Crippen molar-refractivity contribution in [2.24, 2.45) is 4.99 Å². The first-order chi connectivity index (χ1) is 14.3. The lowest BCUT2D eigenvalue weighted by molar-refractivity contribution is -0.120. The van der Waals surface area contributed by atoms with E-state index in [1.165, 1.54) is 48.4 Å².